The molecule has 0 aromatic rings. The second kappa shape index (κ2) is 5.72. The third kappa shape index (κ3) is 3.23. The van der Waals surface area contributed by atoms with E-state index >= 15 is 0 Å². The minimum Gasteiger partial charge on any atom is -0.317 e. The second-order valence-electron chi connectivity index (χ2n) is 4.89. The van der Waals surface area contributed by atoms with Crippen molar-refractivity contribution >= 4 is 24.8 Å². The van der Waals surface area contributed by atoms with Crippen LogP contribution in [-0.2, 0) is 0 Å². The molecule has 4 heteroatoms. The Hall–Kier alpha value is 0.500. The summed E-state index contributed by atoms with van der Waals surface area (Å²) in [4.78, 5) is 2.88. The Labute approximate surface area is 105 Å². The first-order chi connectivity index (χ1) is 6.45. The lowest BCUT2D eigenvalue weighted by Crippen LogP contribution is -2.45. The fraction of sp³-hybridized carbons (Fsp3) is 1.00. The summed E-state index contributed by atoms with van der Waals surface area (Å²) >= 11 is 0. The molecule has 2 aliphatic carbocycles. The fourth-order valence-electron chi connectivity index (χ4n) is 2.74. The first-order valence-corrected chi connectivity index (χ1v) is 5.93. The molecule has 0 aromatic carbocycles. The number of nitrogens with zero attached hydrogens (tertiary/aromatic N) is 1. The molecule has 1 heterocycles. The molecule has 0 spiro atoms. The highest BCUT2D eigenvalue weighted by molar-refractivity contribution is 5.85. The SMILES string of the molecule is C1CC(N(C2CC2)C2CC2)CCN1.Cl.Cl. The van der Waals surface area contributed by atoms with Gasteiger partial charge in [-0.2, -0.15) is 0 Å². The molecule has 0 amide bonds. The summed E-state index contributed by atoms with van der Waals surface area (Å²) in [7, 11) is 0. The minimum absolute atomic E-state index is 0. The normalized spacial score (nSPS) is 27.0. The third-order valence-electron chi connectivity index (χ3n) is 3.67. The highest BCUT2D eigenvalue weighted by Gasteiger charge is 2.42. The summed E-state index contributed by atoms with van der Waals surface area (Å²) < 4.78 is 0. The third-order valence-corrected chi connectivity index (χ3v) is 3.67. The van der Waals surface area contributed by atoms with Gasteiger partial charge in [0, 0.05) is 18.1 Å². The van der Waals surface area contributed by atoms with Gasteiger partial charge in [-0.05, 0) is 51.6 Å². The molecule has 2 saturated carbocycles. The Morgan fingerprint density at radius 1 is 0.667 bits per heavy atom. The first kappa shape index (κ1) is 13.6. The maximum absolute atomic E-state index is 3.46. The van der Waals surface area contributed by atoms with Crippen molar-refractivity contribution in [2.45, 2.75) is 56.7 Å². The molecule has 1 saturated heterocycles. The number of piperidine rings is 1. The van der Waals surface area contributed by atoms with E-state index in [1.165, 1.54) is 51.6 Å². The average Bonchev–Trinajstić information content (AvgIpc) is 3.00. The highest BCUT2D eigenvalue weighted by atomic mass is 35.5. The summed E-state index contributed by atoms with van der Waals surface area (Å²) in [5, 5.41) is 3.46. The highest BCUT2D eigenvalue weighted by Crippen LogP contribution is 2.40. The Bertz CT molecular complexity index is 175. The van der Waals surface area contributed by atoms with Gasteiger partial charge in [0.05, 0.1) is 0 Å². The topological polar surface area (TPSA) is 15.3 Å². The van der Waals surface area contributed by atoms with Crippen LogP contribution in [0, 0.1) is 0 Å². The molecule has 3 rings (SSSR count). The lowest BCUT2D eigenvalue weighted by atomic mass is 10.0. The van der Waals surface area contributed by atoms with Crippen molar-refractivity contribution < 1.29 is 0 Å². The molecule has 0 aromatic heterocycles. The maximum Gasteiger partial charge on any atom is 0.0125 e. The van der Waals surface area contributed by atoms with Gasteiger partial charge in [0.25, 0.3) is 0 Å². The van der Waals surface area contributed by atoms with Gasteiger partial charge in [-0.25, -0.2) is 0 Å². The van der Waals surface area contributed by atoms with E-state index in [1.54, 1.807) is 0 Å². The van der Waals surface area contributed by atoms with Gasteiger partial charge in [0.1, 0.15) is 0 Å². The van der Waals surface area contributed by atoms with E-state index in [9.17, 15) is 0 Å². The molecule has 15 heavy (non-hydrogen) atoms. The summed E-state index contributed by atoms with van der Waals surface area (Å²) in [6, 6.07) is 2.92. The maximum atomic E-state index is 3.46. The Morgan fingerprint density at radius 3 is 1.47 bits per heavy atom. The summed E-state index contributed by atoms with van der Waals surface area (Å²) in [6.45, 7) is 2.50. The van der Waals surface area contributed by atoms with E-state index < -0.39 is 0 Å². The van der Waals surface area contributed by atoms with Crippen molar-refractivity contribution in [1.82, 2.24) is 10.2 Å². The van der Waals surface area contributed by atoms with Crippen molar-refractivity contribution in [1.29, 1.82) is 0 Å². The zero-order chi connectivity index (χ0) is 8.67. The van der Waals surface area contributed by atoms with Gasteiger partial charge >= 0.3 is 0 Å². The lowest BCUT2D eigenvalue weighted by molar-refractivity contribution is 0.144. The molecule has 0 unspecified atom stereocenters. The first-order valence-electron chi connectivity index (χ1n) is 5.93. The van der Waals surface area contributed by atoms with Crippen LogP contribution < -0.4 is 5.32 Å². The molecule has 1 aliphatic heterocycles. The quantitative estimate of drug-likeness (QED) is 0.829. The molecular weight excluding hydrogens is 231 g/mol. The van der Waals surface area contributed by atoms with Crippen molar-refractivity contribution in [2.75, 3.05) is 13.1 Å². The molecule has 3 fully saturated rings. The van der Waals surface area contributed by atoms with Crippen LogP contribution in [0.5, 0.6) is 0 Å². The van der Waals surface area contributed by atoms with Crippen LogP contribution in [0.15, 0.2) is 0 Å². The summed E-state index contributed by atoms with van der Waals surface area (Å²) in [5.41, 5.74) is 0. The van der Waals surface area contributed by atoms with Crippen LogP contribution in [0.25, 0.3) is 0 Å². The molecule has 0 bridgehead atoms. The Kier molecular flexibility index (Phi) is 5.17. The number of nitrogens with one attached hydrogen (secondary N) is 1. The Balaban J connectivity index is 0.000000562. The smallest absolute Gasteiger partial charge is 0.0125 e. The van der Waals surface area contributed by atoms with Crippen LogP contribution >= 0.6 is 24.8 Å². The van der Waals surface area contributed by atoms with Gasteiger partial charge < -0.3 is 5.32 Å². The van der Waals surface area contributed by atoms with E-state index in [0.29, 0.717) is 0 Å². The van der Waals surface area contributed by atoms with E-state index in [2.05, 4.69) is 10.2 Å². The molecule has 3 aliphatic rings. The van der Waals surface area contributed by atoms with E-state index in [1.807, 2.05) is 0 Å². The zero-order valence-corrected chi connectivity index (χ0v) is 10.8. The predicted octanol–water partition coefficient (Wildman–Crippen LogP) is 2.21. The van der Waals surface area contributed by atoms with Crippen LogP contribution in [0.4, 0.5) is 0 Å². The number of rotatable bonds is 3. The van der Waals surface area contributed by atoms with Crippen LogP contribution in [-0.4, -0.2) is 36.1 Å². The van der Waals surface area contributed by atoms with E-state index in [0.717, 1.165) is 18.1 Å². The van der Waals surface area contributed by atoms with Crippen LogP contribution in [0.3, 0.4) is 0 Å². The van der Waals surface area contributed by atoms with Gasteiger partial charge in [-0.1, -0.05) is 0 Å². The molecule has 2 nitrogen and oxygen atoms in total. The summed E-state index contributed by atoms with van der Waals surface area (Å²) in [5.74, 6) is 0. The lowest BCUT2D eigenvalue weighted by Gasteiger charge is -2.35. The number of hydrogen-bond donors (Lipinski definition) is 1. The average molecular weight is 253 g/mol. The van der Waals surface area contributed by atoms with Gasteiger partial charge in [-0.3, -0.25) is 4.90 Å². The standard InChI is InChI=1S/C11H20N2.2ClH/c1-2-9(1)13(10-3-4-10)11-5-7-12-8-6-11;;/h9-12H,1-8H2;2*1H. The Morgan fingerprint density at radius 2 is 1.07 bits per heavy atom. The van der Waals surface area contributed by atoms with Crippen molar-refractivity contribution in [3.63, 3.8) is 0 Å². The van der Waals surface area contributed by atoms with E-state index in [-0.39, 0.29) is 24.8 Å². The molecule has 1 N–H and O–H groups in total. The van der Waals surface area contributed by atoms with Gasteiger partial charge in [0.15, 0.2) is 0 Å². The number of halogens is 2. The molecule has 90 valence electrons. The van der Waals surface area contributed by atoms with E-state index in [4.69, 9.17) is 0 Å². The van der Waals surface area contributed by atoms with Crippen molar-refractivity contribution in [2.24, 2.45) is 0 Å². The zero-order valence-electron chi connectivity index (χ0n) is 9.15. The van der Waals surface area contributed by atoms with Gasteiger partial charge in [-0.15, -0.1) is 24.8 Å². The largest absolute Gasteiger partial charge is 0.317 e. The molecule has 0 atom stereocenters. The van der Waals surface area contributed by atoms with Crippen molar-refractivity contribution in [3.8, 4) is 0 Å². The van der Waals surface area contributed by atoms with Crippen LogP contribution in [0.1, 0.15) is 38.5 Å². The summed E-state index contributed by atoms with van der Waals surface area (Å²) in [6.07, 6.45) is 8.74. The monoisotopic (exact) mass is 252 g/mol. The van der Waals surface area contributed by atoms with Gasteiger partial charge in [0.2, 0.25) is 0 Å². The van der Waals surface area contributed by atoms with Crippen LogP contribution in [0.2, 0.25) is 0 Å². The molecule has 0 radical (unpaired) electrons. The molecular formula is C11H22Cl2N2. The predicted molar refractivity (Wildman–Crippen MR) is 68.3 cm³/mol. The second-order valence-corrected chi connectivity index (χ2v) is 4.89. The number of hydrogen-bond acceptors (Lipinski definition) is 2. The fourth-order valence-corrected chi connectivity index (χ4v) is 2.74. The minimum atomic E-state index is 0. The van der Waals surface area contributed by atoms with Crippen molar-refractivity contribution in [3.05, 3.63) is 0 Å².